The summed E-state index contributed by atoms with van der Waals surface area (Å²) in [5, 5.41) is 10.3. The van der Waals surface area contributed by atoms with Gasteiger partial charge in [0.25, 0.3) is 5.91 Å². The average Bonchev–Trinajstić information content (AvgIpc) is 3.23. The lowest BCUT2D eigenvalue weighted by atomic mass is 10.0. The van der Waals surface area contributed by atoms with Crippen LogP contribution in [0.1, 0.15) is 10.4 Å². The van der Waals surface area contributed by atoms with Gasteiger partial charge in [-0.25, -0.2) is 0 Å². The summed E-state index contributed by atoms with van der Waals surface area (Å²) in [5.74, 6) is 0.501. The van der Waals surface area contributed by atoms with E-state index in [1.165, 1.54) is 51.7 Å². The van der Waals surface area contributed by atoms with E-state index in [1.807, 2.05) is 0 Å². The molecule has 1 heterocycles. The lowest BCUT2D eigenvalue weighted by molar-refractivity contribution is -0.274. The molecule has 0 saturated carbocycles. The zero-order valence-corrected chi connectivity index (χ0v) is 18.8. The Morgan fingerprint density at radius 2 is 1.60 bits per heavy atom. The van der Waals surface area contributed by atoms with Crippen molar-refractivity contribution < 1.29 is 36.9 Å². The zero-order chi connectivity index (χ0) is 25.2. The van der Waals surface area contributed by atoms with Crippen molar-refractivity contribution in [1.82, 2.24) is 10.2 Å². The Morgan fingerprint density at radius 1 is 0.914 bits per heavy atom. The van der Waals surface area contributed by atoms with Crippen molar-refractivity contribution in [2.24, 2.45) is 0 Å². The Bertz CT molecular complexity index is 1360. The second-order valence-electron chi connectivity index (χ2n) is 7.28. The van der Waals surface area contributed by atoms with Crippen molar-refractivity contribution in [1.29, 1.82) is 0 Å². The fourth-order valence-corrected chi connectivity index (χ4v) is 3.56. The van der Waals surface area contributed by atoms with Gasteiger partial charge in [0.05, 0.1) is 26.8 Å². The van der Waals surface area contributed by atoms with Crippen LogP contribution in [0.15, 0.2) is 54.6 Å². The number of rotatable bonds is 7. The summed E-state index contributed by atoms with van der Waals surface area (Å²) in [5.41, 5.74) is 1.99. The summed E-state index contributed by atoms with van der Waals surface area (Å²) in [6.07, 6.45) is -4.78. The normalized spacial score (nSPS) is 11.3. The molecule has 0 saturated heterocycles. The van der Waals surface area contributed by atoms with Gasteiger partial charge in [0.15, 0.2) is 17.3 Å². The molecule has 11 heteroatoms. The lowest BCUT2D eigenvalue weighted by Gasteiger charge is -2.13. The Hall–Kier alpha value is -4.41. The standard InChI is InChI=1S/C24H20F3N3O5/c1-32-19-11-15(12-20(33-2)21(19)34-3)23(31)28-22-17-8-7-14(10-18(17)29-30-22)13-5-4-6-16(9-13)35-24(25,26)27/h4-12H,1-3H3,(H2,28,29,30,31). The van der Waals surface area contributed by atoms with Gasteiger partial charge >= 0.3 is 6.36 Å². The predicted molar refractivity (Wildman–Crippen MR) is 122 cm³/mol. The maximum atomic E-state index is 12.9. The van der Waals surface area contributed by atoms with Gasteiger partial charge in [0.2, 0.25) is 5.75 Å². The molecule has 0 spiro atoms. The van der Waals surface area contributed by atoms with Crippen LogP contribution >= 0.6 is 0 Å². The molecule has 3 aromatic carbocycles. The van der Waals surface area contributed by atoms with Crippen LogP contribution in [0.4, 0.5) is 19.0 Å². The van der Waals surface area contributed by atoms with Crippen LogP contribution in [0.5, 0.6) is 23.0 Å². The Morgan fingerprint density at radius 3 is 2.23 bits per heavy atom. The largest absolute Gasteiger partial charge is 0.573 e. The van der Waals surface area contributed by atoms with Crippen LogP contribution in [-0.4, -0.2) is 43.8 Å². The van der Waals surface area contributed by atoms with Gasteiger partial charge in [-0.15, -0.1) is 13.2 Å². The van der Waals surface area contributed by atoms with Crippen molar-refractivity contribution in [2.45, 2.75) is 6.36 Å². The SMILES string of the molecule is COc1cc(C(=O)Nc2n[nH]c3cc(-c4cccc(OC(F)(F)F)c4)ccc23)cc(OC)c1OC. The third kappa shape index (κ3) is 5.08. The van der Waals surface area contributed by atoms with E-state index in [1.54, 1.807) is 24.3 Å². The summed E-state index contributed by atoms with van der Waals surface area (Å²) in [4.78, 5) is 12.9. The van der Waals surface area contributed by atoms with Gasteiger partial charge in [-0.05, 0) is 47.5 Å². The van der Waals surface area contributed by atoms with Gasteiger partial charge in [-0.2, -0.15) is 5.10 Å². The number of nitrogens with one attached hydrogen (secondary N) is 2. The molecular weight excluding hydrogens is 467 g/mol. The van der Waals surface area contributed by atoms with Gasteiger partial charge in [0.1, 0.15) is 5.75 Å². The van der Waals surface area contributed by atoms with E-state index in [-0.39, 0.29) is 17.1 Å². The molecule has 1 amide bonds. The summed E-state index contributed by atoms with van der Waals surface area (Å²) >= 11 is 0. The van der Waals surface area contributed by atoms with Gasteiger partial charge in [-0.3, -0.25) is 9.89 Å². The predicted octanol–water partition coefficient (Wildman–Crippen LogP) is 5.41. The first kappa shape index (κ1) is 23.7. The summed E-state index contributed by atoms with van der Waals surface area (Å²) in [7, 11) is 4.36. The number of hydrogen-bond donors (Lipinski definition) is 2. The molecule has 0 aliphatic carbocycles. The molecule has 0 aliphatic heterocycles. The molecule has 1 aromatic heterocycles. The van der Waals surface area contributed by atoms with E-state index < -0.39 is 12.3 Å². The quantitative estimate of drug-likeness (QED) is 0.362. The number of alkyl halides is 3. The number of hydrogen-bond acceptors (Lipinski definition) is 6. The number of anilines is 1. The fourth-order valence-electron chi connectivity index (χ4n) is 3.56. The Balaban J connectivity index is 1.60. The average molecular weight is 487 g/mol. The van der Waals surface area contributed by atoms with Crippen molar-refractivity contribution in [3.63, 3.8) is 0 Å². The van der Waals surface area contributed by atoms with E-state index in [0.717, 1.165) is 0 Å². The van der Waals surface area contributed by atoms with E-state index >= 15 is 0 Å². The number of amides is 1. The van der Waals surface area contributed by atoms with E-state index in [4.69, 9.17) is 14.2 Å². The van der Waals surface area contributed by atoms with Crippen molar-refractivity contribution in [3.05, 3.63) is 60.2 Å². The van der Waals surface area contributed by atoms with Crippen LogP contribution in [0.25, 0.3) is 22.0 Å². The molecule has 0 aliphatic rings. The smallest absolute Gasteiger partial charge is 0.493 e. The number of halogens is 3. The molecule has 0 radical (unpaired) electrons. The van der Waals surface area contributed by atoms with Crippen LogP contribution in [0, 0.1) is 0 Å². The second kappa shape index (κ2) is 9.45. The Kier molecular flexibility index (Phi) is 6.41. The molecule has 182 valence electrons. The van der Waals surface area contributed by atoms with Crippen LogP contribution in [0.2, 0.25) is 0 Å². The third-order valence-corrected chi connectivity index (χ3v) is 5.12. The highest BCUT2D eigenvalue weighted by molar-refractivity contribution is 6.08. The molecular formula is C24H20F3N3O5. The lowest BCUT2D eigenvalue weighted by Crippen LogP contribution is -2.17. The van der Waals surface area contributed by atoms with E-state index in [2.05, 4.69) is 20.3 Å². The topological polar surface area (TPSA) is 94.7 Å². The number of fused-ring (bicyclic) bond motifs is 1. The van der Waals surface area contributed by atoms with Gasteiger partial charge < -0.3 is 24.3 Å². The minimum absolute atomic E-state index is 0.258. The number of methoxy groups -OCH3 is 3. The molecule has 0 fully saturated rings. The highest BCUT2D eigenvalue weighted by Gasteiger charge is 2.31. The molecule has 0 bridgehead atoms. The monoisotopic (exact) mass is 487 g/mol. The first-order valence-electron chi connectivity index (χ1n) is 10.2. The maximum absolute atomic E-state index is 12.9. The molecule has 4 rings (SSSR count). The van der Waals surface area contributed by atoms with Crippen LogP contribution < -0.4 is 24.3 Å². The van der Waals surface area contributed by atoms with E-state index in [0.29, 0.717) is 39.3 Å². The highest BCUT2D eigenvalue weighted by Crippen LogP contribution is 2.38. The molecule has 4 aromatic rings. The number of ether oxygens (including phenoxy) is 4. The summed E-state index contributed by atoms with van der Waals surface area (Å²) < 4.78 is 57.5. The summed E-state index contributed by atoms with van der Waals surface area (Å²) in [6.45, 7) is 0. The van der Waals surface area contributed by atoms with Crippen LogP contribution in [-0.2, 0) is 0 Å². The first-order valence-corrected chi connectivity index (χ1v) is 10.2. The number of H-pyrrole nitrogens is 1. The zero-order valence-electron chi connectivity index (χ0n) is 18.8. The Labute approximate surface area is 197 Å². The summed E-state index contributed by atoms with van der Waals surface area (Å²) in [6, 6.07) is 13.8. The number of aromatic nitrogens is 2. The molecule has 35 heavy (non-hydrogen) atoms. The van der Waals surface area contributed by atoms with Crippen molar-refractivity contribution >= 4 is 22.6 Å². The third-order valence-electron chi connectivity index (χ3n) is 5.12. The number of carbonyl (C=O) groups excluding carboxylic acids is 1. The number of nitrogens with zero attached hydrogens (tertiary/aromatic N) is 1. The van der Waals surface area contributed by atoms with Gasteiger partial charge in [0, 0.05) is 10.9 Å². The fraction of sp³-hybridized carbons (Fsp3) is 0.167. The van der Waals surface area contributed by atoms with Crippen molar-refractivity contribution in [3.8, 4) is 34.1 Å². The molecule has 0 atom stereocenters. The second-order valence-corrected chi connectivity index (χ2v) is 7.28. The number of carbonyl (C=O) groups is 1. The number of benzene rings is 3. The highest BCUT2D eigenvalue weighted by atomic mass is 19.4. The molecule has 2 N–H and O–H groups in total. The molecule has 0 unspecified atom stereocenters. The minimum atomic E-state index is -4.78. The number of aromatic amines is 1. The van der Waals surface area contributed by atoms with Crippen LogP contribution in [0.3, 0.4) is 0 Å². The van der Waals surface area contributed by atoms with E-state index in [9.17, 15) is 18.0 Å². The minimum Gasteiger partial charge on any atom is -0.493 e. The molecule has 8 nitrogen and oxygen atoms in total. The first-order chi connectivity index (χ1) is 16.7. The maximum Gasteiger partial charge on any atom is 0.573 e. The van der Waals surface area contributed by atoms with Crippen molar-refractivity contribution in [2.75, 3.05) is 26.6 Å². The van der Waals surface area contributed by atoms with Gasteiger partial charge in [-0.1, -0.05) is 18.2 Å².